The molecule has 0 fully saturated rings. The molecule has 0 N–H and O–H groups in total. The van der Waals surface area contributed by atoms with Crippen molar-refractivity contribution >= 4 is 76.7 Å². The van der Waals surface area contributed by atoms with Gasteiger partial charge in [-0.1, -0.05) is 103 Å². The fraction of sp³-hybridized carbons (Fsp3) is 0.0217. The molecule has 3 heteroatoms. The van der Waals surface area contributed by atoms with E-state index in [0.29, 0.717) is 0 Å². The first-order chi connectivity index (χ1) is 24.3. The zero-order valence-corrected chi connectivity index (χ0v) is 26.4. The summed E-state index contributed by atoms with van der Waals surface area (Å²) in [6, 6.07) is 53.0. The minimum atomic E-state index is 0.829. The van der Waals surface area contributed by atoms with Crippen LogP contribution in [0.3, 0.4) is 0 Å². The number of fused-ring (bicyclic) bond motifs is 9. The van der Waals surface area contributed by atoms with Gasteiger partial charge in [0.15, 0.2) is 0 Å². The molecule has 8 aromatic carbocycles. The Kier molecular flexibility index (Phi) is 4.77. The van der Waals surface area contributed by atoms with Gasteiger partial charge in [0, 0.05) is 44.6 Å². The molecular weight excluding hydrogens is 597 g/mol. The second kappa shape index (κ2) is 9.12. The minimum absolute atomic E-state index is 0.829. The standard InChI is InChI=1S/C46H26N2O/c1-6-17-38-27(9-1)23-39(47-38)35-25-37-36-24-28(20-22-42(36)49-46(37)34-14-5-4-13-31(34)35)48-40-18-8-16-33-30-12-3-2-11-29(30)32-15-7-10-26-19-21-41(48)45(43(26)32)44(33)40/h1-22,24-25H,23H2. The highest BCUT2D eigenvalue weighted by atomic mass is 16.3. The van der Waals surface area contributed by atoms with Gasteiger partial charge in [-0.3, -0.25) is 4.99 Å². The van der Waals surface area contributed by atoms with E-state index < -0.39 is 0 Å². The van der Waals surface area contributed by atoms with Crippen molar-refractivity contribution in [3.05, 3.63) is 157 Å². The fourth-order valence-corrected chi connectivity index (χ4v) is 8.86. The summed E-state index contributed by atoms with van der Waals surface area (Å²) in [5.74, 6) is 0. The van der Waals surface area contributed by atoms with Crippen molar-refractivity contribution in [2.75, 3.05) is 0 Å². The van der Waals surface area contributed by atoms with Crippen molar-refractivity contribution < 1.29 is 4.42 Å². The molecule has 0 atom stereocenters. The quantitative estimate of drug-likeness (QED) is 0.189. The highest BCUT2D eigenvalue weighted by Crippen LogP contribution is 2.50. The van der Waals surface area contributed by atoms with Crippen molar-refractivity contribution in [1.29, 1.82) is 0 Å². The van der Waals surface area contributed by atoms with Crippen LogP contribution in [-0.2, 0) is 6.42 Å². The van der Waals surface area contributed by atoms with Crippen molar-refractivity contribution in [1.82, 2.24) is 4.57 Å². The molecular formula is C46H26N2O. The number of benzene rings is 8. The summed E-state index contributed by atoms with van der Waals surface area (Å²) in [7, 11) is 0. The number of hydrogen-bond donors (Lipinski definition) is 0. The van der Waals surface area contributed by atoms with E-state index in [1.807, 2.05) is 0 Å². The first kappa shape index (κ1) is 25.6. The van der Waals surface area contributed by atoms with Gasteiger partial charge in [-0.05, 0) is 86.4 Å². The van der Waals surface area contributed by atoms with Crippen molar-refractivity contribution in [2.24, 2.45) is 4.99 Å². The van der Waals surface area contributed by atoms with E-state index in [-0.39, 0.29) is 0 Å². The van der Waals surface area contributed by atoms with Gasteiger partial charge in [0.1, 0.15) is 11.2 Å². The zero-order valence-electron chi connectivity index (χ0n) is 26.4. The molecule has 0 spiro atoms. The molecule has 3 heterocycles. The van der Waals surface area contributed by atoms with Gasteiger partial charge < -0.3 is 8.98 Å². The molecule has 10 aromatic rings. The Hall–Kier alpha value is -6.45. The van der Waals surface area contributed by atoms with E-state index in [4.69, 9.17) is 9.41 Å². The van der Waals surface area contributed by atoms with E-state index in [1.54, 1.807) is 0 Å². The maximum Gasteiger partial charge on any atom is 0.143 e. The van der Waals surface area contributed by atoms with E-state index in [0.717, 1.165) is 50.8 Å². The molecule has 0 unspecified atom stereocenters. The highest BCUT2D eigenvalue weighted by Gasteiger charge is 2.25. The maximum atomic E-state index is 6.68. The van der Waals surface area contributed by atoms with Crippen molar-refractivity contribution in [3.8, 4) is 27.9 Å². The van der Waals surface area contributed by atoms with Crippen LogP contribution >= 0.6 is 0 Å². The van der Waals surface area contributed by atoms with Gasteiger partial charge in [-0.2, -0.15) is 0 Å². The number of aromatic nitrogens is 1. The predicted octanol–water partition coefficient (Wildman–Crippen LogP) is 12.3. The largest absolute Gasteiger partial charge is 0.455 e. The predicted molar refractivity (Wildman–Crippen MR) is 204 cm³/mol. The van der Waals surface area contributed by atoms with Crippen LogP contribution in [0.4, 0.5) is 5.69 Å². The third-order valence-electron chi connectivity index (χ3n) is 10.9. The van der Waals surface area contributed by atoms with E-state index in [2.05, 4.69) is 150 Å². The smallest absolute Gasteiger partial charge is 0.143 e. The maximum absolute atomic E-state index is 6.68. The summed E-state index contributed by atoms with van der Waals surface area (Å²) in [5.41, 5.74) is 15.1. The Morgan fingerprint density at radius 3 is 2.10 bits per heavy atom. The minimum Gasteiger partial charge on any atom is -0.455 e. The summed E-state index contributed by atoms with van der Waals surface area (Å²) < 4.78 is 9.14. The number of rotatable bonds is 2. The van der Waals surface area contributed by atoms with Crippen molar-refractivity contribution in [2.45, 2.75) is 6.42 Å². The van der Waals surface area contributed by atoms with Gasteiger partial charge in [0.2, 0.25) is 0 Å². The van der Waals surface area contributed by atoms with Crippen LogP contribution < -0.4 is 0 Å². The SMILES string of the molecule is c1ccc2c(c1)CC(c1cc3c4cc(-n5c6cccc7c6c6c8c(cccc8ccc65)-c5ccccc5-7)ccc4oc3c3ccccc13)=N2. The Bertz CT molecular complexity index is 3140. The molecule has 226 valence electrons. The Morgan fingerprint density at radius 1 is 0.490 bits per heavy atom. The van der Waals surface area contributed by atoms with Crippen LogP contribution in [0.1, 0.15) is 11.1 Å². The third kappa shape index (κ3) is 3.29. The Morgan fingerprint density at radius 2 is 1.22 bits per heavy atom. The second-order valence-electron chi connectivity index (χ2n) is 13.4. The molecule has 2 aromatic heterocycles. The number of aliphatic imine (C=N–C) groups is 1. The molecule has 3 nitrogen and oxygen atoms in total. The van der Waals surface area contributed by atoms with Crippen LogP contribution in [-0.4, -0.2) is 10.3 Å². The first-order valence-corrected chi connectivity index (χ1v) is 16.9. The molecule has 0 amide bonds. The summed E-state index contributed by atoms with van der Waals surface area (Å²) in [5, 5.41) is 9.74. The molecule has 0 radical (unpaired) electrons. The van der Waals surface area contributed by atoms with Crippen LogP contribution in [0, 0.1) is 0 Å². The average molecular weight is 623 g/mol. The summed E-state index contributed by atoms with van der Waals surface area (Å²) in [6.45, 7) is 0. The van der Waals surface area contributed by atoms with Gasteiger partial charge >= 0.3 is 0 Å². The van der Waals surface area contributed by atoms with Gasteiger partial charge in [-0.15, -0.1) is 0 Å². The molecule has 1 aliphatic heterocycles. The van der Waals surface area contributed by atoms with E-state index in [1.165, 1.54) is 71.3 Å². The molecule has 12 rings (SSSR count). The van der Waals surface area contributed by atoms with Crippen LogP contribution in [0.5, 0.6) is 0 Å². The zero-order chi connectivity index (χ0) is 31.8. The topological polar surface area (TPSA) is 30.4 Å². The monoisotopic (exact) mass is 622 g/mol. The van der Waals surface area contributed by atoms with Gasteiger partial charge in [-0.25, -0.2) is 0 Å². The second-order valence-corrected chi connectivity index (χ2v) is 13.4. The number of para-hydroxylation sites is 1. The third-order valence-corrected chi connectivity index (χ3v) is 10.9. The average Bonchev–Trinajstić information content (AvgIpc) is 3.83. The molecule has 2 aliphatic rings. The Labute approximate surface area is 281 Å². The molecule has 0 bridgehead atoms. The fourth-order valence-electron chi connectivity index (χ4n) is 8.86. The molecule has 0 saturated heterocycles. The van der Waals surface area contributed by atoms with Crippen LogP contribution in [0.2, 0.25) is 0 Å². The van der Waals surface area contributed by atoms with Crippen molar-refractivity contribution in [3.63, 3.8) is 0 Å². The number of hydrogen-bond acceptors (Lipinski definition) is 2. The summed E-state index contributed by atoms with van der Waals surface area (Å²) in [6.07, 6.45) is 0.829. The molecule has 49 heavy (non-hydrogen) atoms. The normalized spacial score (nSPS) is 13.3. The van der Waals surface area contributed by atoms with Crippen LogP contribution in [0.15, 0.2) is 155 Å². The number of nitrogens with zero attached hydrogens (tertiary/aromatic N) is 2. The lowest BCUT2D eigenvalue weighted by molar-refractivity contribution is 0.672. The number of furan rings is 1. The summed E-state index contributed by atoms with van der Waals surface area (Å²) >= 11 is 0. The molecule has 0 saturated carbocycles. The lowest BCUT2D eigenvalue weighted by Crippen LogP contribution is -2.01. The summed E-state index contributed by atoms with van der Waals surface area (Å²) in [4.78, 5) is 5.11. The van der Waals surface area contributed by atoms with Crippen LogP contribution in [0.25, 0.3) is 93.2 Å². The molecule has 1 aliphatic carbocycles. The van der Waals surface area contributed by atoms with Gasteiger partial charge in [0.05, 0.1) is 22.4 Å². The van der Waals surface area contributed by atoms with E-state index in [9.17, 15) is 0 Å². The lowest BCUT2D eigenvalue weighted by Gasteiger charge is -2.13. The van der Waals surface area contributed by atoms with Gasteiger partial charge in [0.25, 0.3) is 0 Å². The highest BCUT2D eigenvalue weighted by molar-refractivity contribution is 6.30. The first-order valence-electron chi connectivity index (χ1n) is 16.9. The van der Waals surface area contributed by atoms with E-state index >= 15 is 0 Å². The Balaban J connectivity index is 1.16. The lowest BCUT2D eigenvalue weighted by atomic mass is 9.93.